The van der Waals surface area contributed by atoms with Crippen molar-refractivity contribution in [2.45, 2.75) is 13.8 Å². The lowest BCUT2D eigenvalue weighted by molar-refractivity contribution is 0.0885. The Morgan fingerprint density at radius 3 is 2.60 bits per heavy atom. The van der Waals surface area contributed by atoms with Crippen LogP contribution in [-0.4, -0.2) is 24.2 Å². The Morgan fingerprint density at radius 1 is 1.25 bits per heavy atom. The van der Waals surface area contributed by atoms with Crippen LogP contribution in [0.25, 0.3) is 11.1 Å². The van der Waals surface area contributed by atoms with E-state index in [1.807, 2.05) is 44.2 Å². The third kappa shape index (κ3) is 3.27. The van der Waals surface area contributed by atoms with Crippen LogP contribution in [-0.2, 0) is 0 Å². The number of aliphatic hydroxyl groups excluding tert-OH is 1. The molecular weight excluding hydrogens is 254 g/mol. The molecule has 1 amide bonds. The lowest BCUT2D eigenvalue weighted by Crippen LogP contribution is -2.36. The van der Waals surface area contributed by atoms with Gasteiger partial charge in [-0.15, -0.1) is 0 Å². The first kappa shape index (κ1) is 14.3. The van der Waals surface area contributed by atoms with Crippen LogP contribution in [0.4, 0.5) is 0 Å². The maximum Gasteiger partial charge on any atom is 0.287 e. The van der Waals surface area contributed by atoms with E-state index in [0.29, 0.717) is 12.3 Å². The van der Waals surface area contributed by atoms with Crippen LogP contribution in [0.3, 0.4) is 0 Å². The normalized spacial score (nSPS) is 11.3. The summed E-state index contributed by atoms with van der Waals surface area (Å²) in [5.74, 6) is 0.0281. The third-order valence-electron chi connectivity index (χ3n) is 3.11. The van der Waals surface area contributed by atoms with Gasteiger partial charge in [0.1, 0.15) is 0 Å². The molecule has 106 valence electrons. The number of nitrogens with one attached hydrogen (secondary N) is 1. The average molecular weight is 273 g/mol. The summed E-state index contributed by atoms with van der Waals surface area (Å²) in [6.45, 7) is 4.16. The zero-order valence-corrected chi connectivity index (χ0v) is 11.7. The van der Waals surface area contributed by atoms with Crippen molar-refractivity contribution in [3.63, 3.8) is 0 Å². The van der Waals surface area contributed by atoms with E-state index in [-0.39, 0.29) is 17.9 Å². The molecule has 0 aliphatic heterocycles. The number of benzene rings is 1. The molecule has 4 heteroatoms. The molecular formula is C16H19NO3. The van der Waals surface area contributed by atoms with Gasteiger partial charge in [-0.3, -0.25) is 4.79 Å². The fourth-order valence-electron chi connectivity index (χ4n) is 1.79. The van der Waals surface area contributed by atoms with E-state index in [2.05, 4.69) is 5.32 Å². The molecule has 1 heterocycles. The molecule has 2 rings (SSSR count). The largest absolute Gasteiger partial charge is 0.459 e. The summed E-state index contributed by atoms with van der Waals surface area (Å²) in [4.78, 5) is 12.2. The Morgan fingerprint density at radius 2 is 1.95 bits per heavy atom. The highest BCUT2D eigenvalue weighted by Crippen LogP contribution is 2.24. The van der Waals surface area contributed by atoms with Gasteiger partial charge in [-0.25, -0.2) is 0 Å². The van der Waals surface area contributed by atoms with Crippen molar-refractivity contribution in [1.82, 2.24) is 5.32 Å². The minimum Gasteiger partial charge on any atom is -0.459 e. The van der Waals surface area contributed by atoms with Crippen molar-refractivity contribution < 1.29 is 14.3 Å². The summed E-state index contributed by atoms with van der Waals surface area (Å²) in [6, 6.07) is 11.4. The Kier molecular flexibility index (Phi) is 4.25. The van der Waals surface area contributed by atoms with Crippen molar-refractivity contribution in [2.75, 3.05) is 13.2 Å². The van der Waals surface area contributed by atoms with Gasteiger partial charge >= 0.3 is 0 Å². The van der Waals surface area contributed by atoms with Crippen molar-refractivity contribution in [3.8, 4) is 11.1 Å². The zero-order valence-electron chi connectivity index (χ0n) is 11.7. The maximum absolute atomic E-state index is 12.2. The van der Waals surface area contributed by atoms with Gasteiger partial charge < -0.3 is 14.8 Å². The minimum atomic E-state index is -0.352. The van der Waals surface area contributed by atoms with Crippen LogP contribution in [0.2, 0.25) is 0 Å². The number of furan rings is 1. The molecule has 0 atom stereocenters. The molecule has 2 aromatic rings. The average Bonchev–Trinajstić information content (AvgIpc) is 2.95. The monoisotopic (exact) mass is 273 g/mol. The molecule has 0 fully saturated rings. The summed E-state index contributed by atoms with van der Waals surface area (Å²) in [7, 11) is 0. The summed E-state index contributed by atoms with van der Waals surface area (Å²) in [5, 5.41) is 12.0. The molecule has 0 radical (unpaired) electrons. The summed E-state index contributed by atoms with van der Waals surface area (Å²) in [5.41, 5.74) is 1.35. The van der Waals surface area contributed by atoms with Crippen molar-refractivity contribution >= 4 is 5.91 Å². The number of hydrogen-bond acceptors (Lipinski definition) is 3. The fourth-order valence-corrected chi connectivity index (χ4v) is 1.79. The topological polar surface area (TPSA) is 62.5 Å². The highest BCUT2D eigenvalue weighted by molar-refractivity contribution is 5.98. The van der Waals surface area contributed by atoms with Gasteiger partial charge in [0.15, 0.2) is 5.76 Å². The molecule has 0 bridgehead atoms. The first-order valence-corrected chi connectivity index (χ1v) is 6.55. The molecule has 0 unspecified atom stereocenters. The minimum absolute atomic E-state index is 0.0109. The van der Waals surface area contributed by atoms with E-state index < -0.39 is 0 Å². The Labute approximate surface area is 118 Å². The predicted octanol–water partition coefficient (Wildman–Crippen LogP) is 2.69. The highest BCUT2D eigenvalue weighted by atomic mass is 16.3. The van der Waals surface area contributed by atoms with Crippen LogP contribution in [0.15, 0.2) is 47.1 Å². The zero-order chi connectivity index (χ0) is 14.6. The quantitative estimate of drug-likeness (QED) is 0.880. The third-order valence-corrected chi connectivity index (χ3v) is 3.11. The molecule has 4 nitrogen and oxygen atoms in total. The van der Waals surface area contributed by atoms with Gasteiger partial charge in [0.25, 0.3) is 5.91 Å². The SMILES string of the molecule is CC(C)(CO)CNC(=O)c1occc1-c1ccccc1. The van der Waals surface area contributed by atoms with Crippen molar-refractivity contribution in [3.05, 3.63) is 48.4 Å². The van der Waals surface area contributed by atoms with Gasteiger partial charge in [0, 0.05) is 24.1 Å². The van der Waals surface area contributed by atoms with Gasteiger partial charge in [-0.05, 0) is 11.6 Å². The van der Waals surface area contributed by atoms with Gasteiger partial charge in [0.05, 0.1) is 6.26 Å². The second kappa shape index (κ2) is 5.92. The Bertz CT molecular complexity index is 572. The van der Waals surface area contributed by atoms with Gasteiger partial charge in [-0.1, -0.05) is 44.2 Å². The maximum atomic E-state index is 12.2. The van der Waals surface area contributed by atoms with Crippen LogP contribution in [0.1, 0.15) is 24.4 Å². The molecule has 1 aromatic heterocycles. The van der Waals surface area contributed by atoms with E-state index >= 15 is 0 Å². The smallest absolute Gasteiger partial charge is 0.287 e. The molecule has 2 N–H and O–H groups in total. The van der Waals surface area contributed by atoms with Gasteiger partial charge in [0.2, 0.25) is 0 Å². The Hall–Kier alpha value is -2.07. The number of aliphatic hydroxyl groups is 1. The van der Waals surface area contributed by atoms with Crippen LogP contribution in [0.5, 0.6) is 0 Å². The molecule has 0 saturated carbocycles. The van der Waals surface area contributed by atoms with E-state index in [1.165, 1.54) is 6.26 Å². The number of carbonyl (C=O) groups is 1. The van der Waals surface area contributed by atoms with Crippen molar-refractivity contribution in [1.29, 1.82) is 0 Å². The summed E-state index contributed by atoms with van der Waals surface area (Å²) < 4.78 is 5.31. The standard InChI is InChI=1S/C16H19NO3/c1-16(2,11-18)10-17-15(19)14-13(8-9-20-14)12-6-4-3-5-7-12/h3-9,18H,10-11H2,1-2H3,(H,17,19). The summed E-state index contributed by atoms with van der Waals surface area (Å²) in [6.07, 6.45) is 1.51. The molecule has 20 heavy (non-hydrogen) atoms. The molecule has 0 aliphatic rings. The van der Waals surface area contributed by atoms with E-state index in [9.17, 15) is 9.90 Å². The second-order valence-corrected chi connectivity index (χ2v) is 5.53. The molecule has 1 aromatic carbocycles. The van der Waals surface area contributed by atoms with Gasteiger partial charge in [-0.2, -0.15) is 0 Å². The fraction of sp³-hybridized carbons (Fsp3) is 0.312. The van der Waals surface area contributed by atoms with E-state index in [0.717, 1.165) is 11.1 Å². The number of carbonyl (C=O) groups excluding carboxylic acids is 1. The van der Waals surface area contributed by atoms with E-state index in [4.69, 9.17) is 4.42 Å². The highest BCUT2D eigenvalue weighted by Gasteiger charge is 2.21. The first-order chi connectivity index (χ1) is 9.53. The number of amides is 1. The van der Waals surface area contributed by atoms with Crippen LogP contribution < -0.4 is 5.32 Å². The molecule has 0 saturated heterocycles. The van der Waals surface area contributed by atoms with Crippen LogP contribution >= 0.6 is 0 Å². The molecule has 0 aliphatic carbocycles. The Balaban J connectivity index is 2.14. The first-order valence-electron chi connectivity index (χ1n) is 6.55. The predicted molar refractivity (Wildman–Crippen MR) is 77.3 cm³/mol. The lowest BCUT2D eigenvalue weighted by atomic mass is 9.95. The molecule has 0 spiro atoms. The number of rotatable bonds is 5. The summed E-state index contributed by atoms with van der Waals surface area (Å²) >= 11 is 0. The second-order valence-electron chi connectivity index (χ2n) is 5.53. The van der Waals surface area contributed by atoms with Crippen LogP contribution in [0, 0.1) is 5.41 Å². The van der Waals surface area contributed by atoms with E-state index in [1.54, 1.807) is 6.07 Å². The lowest BCUT2D eigenvalue weighted by Gasteiger charge is -2.21. The van der Waals surface area contributed by atoms with Crippen molar-refractivity contribution in [2.24, 2.45) is 5.41 Å². The number of hydrogen-bond donors (Lipinski definition) is 2.